The number of rotatable bonds is 6. The van der Waals surface area contributed by atoms with Gasteiger partial charge in [-0.25, -0.2) is 0 Å². The summed E-state index contributed by atoms with van der Waals surface area (Å²) in [5, 5.41) is 10.5. The summed E-state index contributed by atoms with van der Waals surface area (Å²) in [5.41, 5.74) is -0.0652. The SMILES string of the molecule is CCCOCC(O)C1(N(C)C)CCCCCC1. The van der Waals surface area contributed by atoms with E-state index in [1.165, 1.54) is 25.7 Å². The van der Waals surface area contributed by atoms with E-state index in [1.807, 2.05) is 0 Å². The Morgan fingerprint density at radius 2 is 1.76 bits per heavy atom. The molecule has 1 aliphatic rings. The van der Waals surface area contributed by atoms with Crippen LogP contribution in [-0.2, 0) is 4.74 Å². The molecule has 1 atom stereocenters. The molecular formula is C14H29NO2. The second-order valence-corrected chi connectivity index (χ2v) is 5.50. The summed E-state index contributed by atoms with van der Waals surface area (Å²) in [6.45, 7) is 3.33. The molecule has 0 aromatic carbocycles. The largest absolute Gasteiger partial charge is 0.389 e. The molecule has 3 nitrogen and oxygen atoms in total. The van der Waals surface area contributed by atoms with Crippen molar-refractivity contribution in [2.45, 2.75) is 63.5 Å². The standard InChI is InChI=1S/C14H29NO2/c1-4-11-17-12-13(16)14(15(2)3)9-7-5-6-8-10-14/h13,16H,4-12H2,1-3H3. The van der Waals surface area contributed by atoms with Crippen LogP contribution >= 0.6 is 0 Å². The van der Waals surface area contributed by atoms with Gasteiger partial charge in [-0.3, -0.25) is 0 Å². The highest BCUT2D eigenvalue weighted by Gasteiger charge is 2.40. The fourth-order valence-electron chi connectivity index (χ4n) is 2.91. The fraction of sp³-hybridized carbons (Fsp3) is 1.00. The normalized spacial score (nSPS) is 22.4. The van der Waals surface area contributed by atoms with E-state index in [9.17, 15) is 5.11 Å². The Kier molecular flexibility index (Phi) is 6.45. The first-order valence-electron chi connectivity index (χ1n) is 7.06. The summed E-state index contributed by atoms with van der Waals surface area (Å²) in [5.74, 6) is 0. The van der Waals surface area contributed by atoms with Crippen molar-refractivity contribution in [2.75, 3.05) is 27.3 Å². The third kappa shape index (κ3) is 3.94. The molecule has 0 bridgehead atoms. The number of aliphatic hydroxyl groups excluding tert-OH is 1. The average Bonchev–Trinajstić information content (AvgIpc) is 2.55. The van der Waals surface area contributed by atoms with Crippen molar-refractivity contribution in [3.8, 4) is 0 Å². The third-order valence-electron chi connectivity index (χ3n) is 4.10. The van der Waals surface area contributed by atoms with E-state index in [2.05, 4.69) is 25.9 Å². The van der Waals surface area contributed by atoms with Crippen LogP contribution in [0.2, 0.25) is 0 Å². The number of hydrogen-bond donors (Lipinski definition) is 1. The summed E-state index contributed by atoms with van der Waals surface area (Å²) in [6.07, 6.45) is 7.90. The smallest absolute Gasteiger partial charge is 0.0956 e. The Hall–Kier alpha value is -0.120. The van der Waals surface area contributed by atoms with Gasteiger partial charge in [-0.05, 0) is 33.4 Å². The maximum Gasteiger partial charge on any atom is 0.0956 e. The number of ether oxygens (including phenoxy) is 1. The van der Waals surface area contributed by atoms with Gasteiger partial charge in [-0.1, -0.05) is 32.6 Å². The molecule has 102 valence electrons. The quantitative estimate of drug-likeness (QED) is 0.574. The molecule has 0 aromatic rings. The minimum atomic E-state index is -0.359. The lowest BCUT2D eigenvalue weighted by molar-refractivity contribution is -0.0645. The van der Waals surface area contributed by atoms with Gasteiger partial charge < -0.3 is 14.7 Å². The molecule has 17 heavy (non-hydrogen) atoms. The molecule has 0 heterocycles. The maximum atomic E-state index is 10.5. The molecular weight excluding hydrogens is 214 g/mol. The van der Waals surface area contributed by atoms with Gasteiger partial charge in [0, 0.05) is 12.1 Å². The Balaban J connectivity index is 2.61. The highest BCUT2D eigenvalue weighted by Crippen LogP contribution is 2.34. The third-order valence-corrected chi connectivity index (χ3v) is 4.10. The molecule has 0 spiro atoms. The zero-order chi connectivity index (χ0) is 12.7. The highest BCUT2D eigenvalue weighted by atomic mass is 16.5. The van der Waals surface area contributed by atoms with Gasteiger partial charge in [0.25, 0.3) is 0 Å². The molecule has 1 aliphatic carbocycles. The molecule has 0 saturated heterocycles. The highest BCUT2D eigenvalue weighted by molar-refractivity contribution is 4.95. The molecule has 1 fully saturated rings. The summed E-state index contributed by atoms with van der Waals surface area (Å²) in [7, 11) is 4.18. The molecule has 3 heteroatoms. The van der Waals surface area contributed by atoms with Gasteiger partial charge in [0.1, 0.15) is 0 Å². The monoisotopic (exact) mass is 243 g/mol. The van der Waals surface area contributed by atoms with Crippen molar-refractivity contribution in [2.24, 2.45) is 0 Å². The molecule has 1 N–H and O–H groups in total. The van der Waals surface area contributed by atoms with Crippen molar-refractivity contribution >= 4 is 0 Å². The van der Waals surface area contributed by atoms with Crippen molar-refractivity contribution in [1.82, 2.24) is 4.90 Å². The van der Waals surface area contributed by atoms with Crippen molar-refractivity contribution < 1.29 is 9.84 Å². The van der Waals surface area contributed by atoms with Gasteiger partial charge >= 0.3 is 0 Å². The van der Waals surface area contributed by atoms with Crippen molar-refractivity contribution in [1.29, 1.82) is 0 Å². The molecule has 0 aromatic heterocycles. The van der Waals surface area contributed by atoms with Crippen LogP contribution in [0.3, 0.4) is 0 Å². The number of hydrogen-bond acceptors (Lipinski definition) is 3. The molecule has 0 radical (unpaired) electrons. The van der Waals surface area contributed by atoms with Gasteiger partial charge in [0.15, 0.2) is 0 Å². The van der Waals surface area contributed by atoms with Crippen LogP contribution in [0.1, 0.15) is 51.9 Å². The van der Waals surface area contributed by atoms with Gasteiger partial charge in [0.05, 0.1) is 12.7 Å². The van der Waals surface area contributed by atoms with E-state index < -0.39 is 0 Å². The van der Waals surface area contributed by atoms with E-state index in [0.29, 0.717) is 6.61 Å². The first kappa shape index (κ1) is 14.9. The van der Waals surface area contributed by atoms with Crippen LogP contribution in [0.25, 0.3) is 0 Å². The number of aliphatic hydroxyl groups is 1. The van der Waals surface area contributed by atoms with Crippen LogP contribution in [0, 0.1) is 0 Å². The van der Waals surface area contributed by atoms with Crippen LogP contribution in [0.5, 0.6) is 0 Å². The van der Waals surface area contributed by atoms with E-state index >= 15 is 0 Å². The van der Waals surface area contributed by atoms with Gasteiger partial charge in [0.2, 0.25) is 0 Å². The lowest BCUT2D eigenvalue weighted by atomic mass is 9.83. The van der Waals surface area contributed by atoms with E-state index in [0.717, 1.165) is 25.9 Å². The van der Waals surface area contributed by atoms with Crippen LogP contribution in [-0.4, -0.2) is 49.0 Å². The maximum absolute atomic E-state index is 10.5. The summed E-state index contributed by atoms with van der Waals surface area (Å²) in [4.78, 5) is 2.22. The Labute approximate surface area is 106 Å². The lowest BCUT2D eigenvalue weighted by Crippen LogP contribution is -2.55. The predicted octanol–water partition coefficient (Wildman–Crippen LogP) is 2.43. The second-order valence-electron chi connectivity index (χ2n) is 5.50. The molecule has 1 rings (SSSR count). The van der Waals surface area contributed by atoms with Crippen molar-refractivity contribution in [3.05, 3.63) is 0 Å². The molecule has 0 amide bonds. The van der Waals surface area contributed by atoms with Crippen LogP contribution in [0.4, 0.5) is 0 Å². The summed E-state index contributed by atoms with van der Waals surface area (Å²) >= 11 is 0. The Morgan fingerprint density at radius 1 is 1.18 bits per heavy atom. The second kappa shape index (κ2) is 7.34. The Morgan fingerprint density at radius 3 is 2.24 bits per heavy atom. The molecule has 1 unspecified atom stereocenters. The van der Waals surface area contributed by atoms with Gasteiger partial charge in [-0.15, -0.1) is 0 Å². The van der Waals surface area contributed by atoms with E-state index in [4.69, 9.17) is 4.74 Å². The first-order chi connectivity index (χ1) is 8.13. The summed E-state index contributed by atoms with van der Waals surface area (Å²) < 4.78 is 5.54. The fourth-order valence-corrected chi connectivity index (χ4v) is 2.91. The number of likely N-dealkylation sites (N-methyl/N-ethyl adjacent to an activating group) is 1. The topological polar surface area (TPSA) is 32.7 Å². The summed E-state index contributed by atoms with van der Waals surface area (Å²) in [6, 6.07) is 0. The minimum absolute atomic E-state index is 0.0652. The molecule has 0 aliphatic heterocycles. The lowest BCUT2D eigenvalue weighted by Gasteiger charge is -2.43. The molecule has 1 saturated carbocycles. The average molecular weight is 243 g/mol. The van der Waals surface area contributed by atoms with Gasteiger partial charge in [-0.2, -0.15) is 0 Å². The zero-order valence-electron chi connectivity index (χ0n) is 11.7. The number of nitrogens with zero attached hydrogens (tertiary/aromatic N) is 1. The van der Waals surface area contributed by atoms with Crippen LogP contribution in [0.15, 0.2) is 0 Å². The van der Waals surface area contributed by atoms with Crippen molar-refractivity contribution in [3.63, 3.8) is 0 Å². The minimum Gasteiger partial charge on any atom is -0.389 e. The predicted molar refractivity (Wildman–Crippen MR) is 71.2 cm³/mol. The van der Waals surface area contributed by atoms with E-state index in [1.54, 1.807) is 0 Å². The first-order valence-corrected chi connectivity index (χ1v) is 7.06. The van der Waals surface area contributed by atoms with E-state index in [-0.39, 0.29) is 11.6 Å². The zero-order valence-corrected chi connectivity index (χ0v) is 11.7. The van der Waals surface area contributed by atoms with Crippen LogP contribution < -0.4 is 0 Å². The Bertz CT molecular complexity index is 198.